The summed E-state index contributed by atoms with van der Waals surface area (Å²) in [5.74, 6) is 1.43. The summed E-state index contributed by atoms with van der Waals surface area (Å²) in [7, 11) is 3.44. The van der Waals surface area contributed by atoms with E-state index in [1.807, 2.05) is 42.9 Å². The molecule has 5 heteroatoms. The smallest absolute Gasteiger partial charge is 0.207 e. The standard InChI is InChI=1S/C12H14ClN3O/c1-8-7-16(12(14-2)15-8)9-4-5-10(13)11(6-9)17-3/h4-7H,1-3H3,(H,14,15). The number of aryl methyl sites for hydroxylation is 1. The molecule has 1 aromatic carbocycles. The van der Waals surface area contributed by atoms with E-state index in [0.29, 0.717) is 10.8 Å². The number of nitrogens with one attached hydrogen (secondary N) is 1. The topological polar surface area (TPSA) is 39.1 Å². The van der Waals surface area contributed by atoms with E-state index in [0.717, 1.165) is 17.3 Å². The summed E-state index contributed by atoms with van der Waals surface area (Å²) in [5.41, 5.74) is 1.90. The second kappa shape index (κ2) is 4.67. The van der Waals surface area contributed by atoms with Crippen molar-refractivity contribution in [2.45, 2.75) is 6.92 Å². The summed E-state index contributed by atoms with van der Waals surface area (Å²) in [5, 5.41) is 3.64. The molecule has 0 aliphatic rings. The largest absolute Gasteiger partial charge is 0.495 e. The van der Waals surface area contributed by atoms with Crippen molar-refractivity contribution in [2.75, 3.05) is 19.5 Å². The van der Waals surface area contributed by atoms with Gasteiger partial charge >= 0.3 is 0 Å². The number of nitrogens with zero attached hydrogens (tertiary/aromatic N) is 2. The molecule has 4 nitrogen and oxygen atoms in total. The average molecular weight is 252 g/mol. The van der Waals surface area contributed by atoms with Crippen LogP contribution in [-0.2, 0) is 0 Å². The Morgan fingerprint density at radius 3 is 2.82 bits per heavy atom. The lowest BCUT2D eigenvalue weighted by Crippen LogP contribution is -2.00. The van der Waals surface area contributed by atoms with Crippen LogP contribution in [0.25, 0.3) is 5.69 Å². The molecular weight excluding hydrogens is 238 g/mol. The maximum Gasteiger partial charge on any atom is 0.207 e. The summed E-state index contributed by atoms with van der Waals surface area (Å²) < 4.78 is 7.15. The molecule has 0 bridgehead atoms. The second-order valence-corrected chi connectivity index (χ2v) is 4.05. The number of hydrogen-bond donors (Lipinski definition) is 1. The van der Waals surface area contributed by atoms with Crippen molar-refractivity contribution in [3.05, 3.63) is 35.1 Å². The summed E-state index contributed by atoms with van der Waals surface area (Å²) in [6.07, 6.45) is 1.95. The summed E-state index contributed by atoms with van der Waals surface area (Å²) in [4.78, 5) is 4.36. The lowest BCUT2D eigenvalue weighted by atomic mass is 10.3. The minimum atomic E-state index is 0.596. The Kier molecular flexibility index (Phi) is 3.24. The van der Waals surface area contributed by atoms with E-state index < -0.39 is 0 Å². The Morgan fingerprint density at radius 1 is 1.41 bits per heavy atom. The van der Waals surface area contributed by atoms with Crippen LogP contribution in [0, 0.1) is 6.92 Å². The minimum absolute atomic E-state index is 0.596. The van der Waals surface area contributed by atoms with Gasteiger partial charge < -0.3 is 10.1 Å². The Bertz CT molecular complexity index is 537. The van der Waals surface area contributed by atoms with Crippen molar-refractivity contribution in [1.29, 1.82) is 0 Å². The minimum Gasteiger partial charge on any atom is -0.495 e. The van der Waals surface area contributed by atoms with E-state index in [2.05, 4.69) is 10.3 Å². The molecular formula is C12H14ClN3O. The molecule has 0 spiro atoms. The molecule has 1 N–H and O–H groups in total. The maximum absolute atomic E-state index is 6.00. The third kappa shape index (κ3) is 2.22. The van der Waals surface area contributed by atoms with Gasteiger partial charge in [-0.25, -0.2) is 4.98 Å². The van der Waals surface area contributed by atoms with Crippen LogP contribution in [0.5, 0.6) is 5.75 Å². The van der Waals surface area contributed by atoms with Crippen LogP contribution < -0.4 is 10.1 Å². The average Bonchev–Trinajstić information content (AvgIpc) is 2.71. The molecule has 2 rings (SSSR count). The number of rotatable bonds is 3. The second-order valence-electron chi connectivity index (χ2n) is 3.64. The van der Waals surface area contributed by atoms with Gasteiger partial charge in [0.05, 0.1) is 23.5 Å². The number of imidazole rings is 1. The Labute approximate surface area is 105 Å². The Balaban J connectivity index is 2.52. The van der Waals surface area contributed by atoms with Gasteiger partial charge in [0.2, 0.25) is 5.95 Å². The number of anilines is 1. The molecule has 1 aromatic heterocycles. The molecule has 1 heterocycles. The highest BCUT2D eigenvalue weighted by molar-refractivity contribution is 6.32. The van der Waals surface area contributed by atoms with Gasteiger partial charge in [-0.3, -0.25) is 4.57 Å². The molecule has 0 aliphatic heterocycles. The van der Waals surface area contributed by atoms with Gasteiger partial charge in [0.25, 0.3) is 0 Å². The third-order valence-electron chi connectivity index (χ3n) is 2.46. The number of halogens is 1. The molecule has 0 atom stereocenters. The predicted octanol–water partition coefficient (Wildman–Crippen LogP) is 2.88. The van der Waals surface area contributed by atoms with E-state index in [1.54, 1.807) is 7.11 Å². The third-order valence-corrected chi connectivity index (χ3v) is 2.78. The van der Waals surface area contributed by atoms with E-state index >= 15 is 0 Å². The molecule has 0 radical (unpaired) electrons. The fourth-order valence-electron chi connectivity index (χ4n) is 1.67. The molecule has 0 unspecified atom stereocenters. The SMILES string of the molecule is CNc1nc(C)cn1-c1ccc(Cl)c(OC)c1. The predicted molar refractivity (Wildman–Crippen MR) is 69.4 cm³/mol. The highest BCUT2D eigenvalue weighted by Crippen LogP contribution is 2.28. The number of hydrogen-bond acceptors (Lipinski definition) is 3. The lowest BCUT2D eigenvalue weighted by Gasteiger charge is -2.09. The quantitative estimate of drug-likeness (QED) is 0.912. The summed E-state index contributed by atoms with van der Waals surface area (Å²) >= 11 is 6.00. The number of ether oxygens (including phenoxy) is 1. The van der Waals surface area contributed by atoms with E-state index in [9.17, 15) is 0 Å². The molecule has 2 aromatic rings. The maximum atomic E-state index is 6.00. The molecule has 0 saturated carbocycles. The molecule has 0 aliphatic carbocycles. The first-order chi connectivity index (χ1) is 8.15. The first-order valence-corrected chi connectivity index (χ1v) is 5.61. The van der Waals surface area contributed by atoms with Crippen molar-refractivity contribution in [3.8, 4) is 11.4 Å². The van der Waals surface area contributed by atoms with E-state index in [-0.39, 0.29) is 0 Å². The monoisotopic (exact) mass is 251 g/mol. The van der Waals surface area contributed by atoms with Gasteiger partial charge in [-0.1, -0.05) is 11.6 Å². The van der Waals surface area contributed by atoms with Crippen molar-refractivity contribution >= 4 is 17.5 Å². The van der Waals surface area contributed by atoms with Gasteiger partial charge in [-0.15, -0.1) is 0 Å². The highest BCUT2D eigenvalue weighted by atomic mass is 35.5. The normalized spacial score (nSPS) is 10.4. The van der Waals surface area contributed by atoms with Gasteiger partial charge in [0, 0.05) is 19.3 Å². The summed E-state index contributed by atoms with van der Waals surface area (Å²) in [6, 6.07) is 5.61. The number of aromatic nitrogens is 2. The van der Waals surface area contributed by atoms with Crippen LogP contribution in [0.2, 0.25) is 5.02 Å². The van der Waals surface area contributed by atoms with Crippen LogP contribution in [0.15, 0.2) is 24.4 Å². The van der Waals surface area contributed by atoms with Crippen molar-refractivity contribution in [2.24, 2.45) is 0 Å². The Hall–Kier alpha value is -1.68. The van der Waals surface area contributed by atoms with Gasteiger partial charge in [0.15, 0.2) is 0 Å². The van der Waals surface area contributed by atoms with Crippen molar-refractivity contribution in [3.63, 3.8) is 0 Å². The van der Waals surface area contributed by atoms with Crippen LogP contribution in [0.4, 0.5) is 5.95 Å². The van der Waals surface area contributed by atoms with Crippen LogP contribution in [-0.4, -0.2) is 23.7 Å². The van der Waals surface area contributed by atoms with E-state index in [4.69, 9.17) is 16.3 Å². The fraction of sp³-hybridized carbons (Fsp3) is 0.250. The zero-order valence-electron chi connectivity index (χ0n) is 9.99. The molecule has 17 heavy (non-hydrogen) atoms. The Morgan fingerprint density at radius 2 is 2.18 bits per heavy atom. The van der Waals surface area contributed by atoms with Gasteiger partial charge in [0.1, 0.15) is 5.75 Å². The molecule has 90 valence electrons. The first kappa shape index (κ1) is 11.8. The molecule has 0 amide bonds. The van der Waals surface area contributed by atoms with Crippen LogP contribution >= 0.6 is 11.6 Å². The number of benzene rings is 1. The number of methoxy groups -OCH3 is 1. The zero-order chi connectivity index (χ0) is 12.4. The van der Waals surface area contributed by atoms with Gasteiger partial charge in [-0.05, 0) is 19.1 Å². The molecule has 0 saturated heterocycles. The van der Waals surface area contributed by atoms with Crippen LogP contribution in [0.1, 0.15) is 5.69 Å². The zero-order valence-corrected chi connectivity index (χ0v) is 10.7. The molecule has 0 fully saturated rings. The fourth-order valence-corrected chi connectivity index (χ4v) is 1.86. The van der Waals surface area contributed by atoms with Crippen LogP contribution in [0.3, 0.4) is 0 Å². The summed E-state index contributed by atoms with van der Waals surface area (Å²) in [6.45, 7) is 1.95. The van der Waals surface area contributed by atoms with Gasteiger partial charge in [-0.2, -0.15) is 0 Å². The lowest BCUT2D eigenvalue weighted by molar-refractivity contribution is 0.415. The van der Waals surface area contributed by atoms with Crippen molar-refractivity contribution in [1.82, 2.24) is 9.55 Å². The van der Waals surface area contributed by atoms with E-state index in [1.165, 1.54) is 0 Å². The highest BCUT2D eigenvalue weighted by Gasteiger charge is 2.08. The van der Waals surface area contributed by atoms with Crippen molar-refractivity contribution < 1.29 is 4.74 Å². The first-order valence-electron chi connectivity index (χ1n) is 5.23.